The van der Waals surface area contributed by atoms with Gasteiger partial charge in [-0.3, -0.25) is 4.79 Å². The highest BCUT2D eigenvalue weighted by Crippen LogP contribution is 2.17. The van der Waals surface area contributed by atoms with E-state index in [1.807, 2.05) is 48.5 Å². The second-order valence-electron chi connectivity index (χ2n) is 4.73. The molecule has 0 heterocycles. The third kappa shape index (κ3) is 4.47. The molecule has 0 aliphatic heterocycles. The van der Waals surface area contributed by atoms with Gasteiger partial charge >= 0.3 is 0 Å². The molecule has 21 heavy (non-hydrogen) atoms. The Kier molecular flexibility index (Phi) is 5.59. The Morgan fingerprint density at radius 3 is 2.48 bits per heavy atom. The van der Waals surface area contributed by atoms with Gasteiger partial charge in [-0.25, -0.2) is 0 Å². The van der Waals surface area contributed by atoms with Crippen LogP contribution in [-0.2, 0) is 4.79 Å². The highest BCUT2D eigenvalue weighted by atomic mass is 35.5. The molecule has 0 saturated heterocycles. The lowest BCUT2D eigenvalue weighted by molar-refractivity contribution is -0.117. The SMILES string of the molecule is CCC(NC(=O)/C=C/c1ccccc1Cl)c1ccccc1. The van der Waals surface area contributed by atoms with Gasteiger partial charge in [-0.2, -0.15) is 0 Å². The van der Waals surface area contributed by atoms with E-state index in [1.165, 1.54) is 6.08 Å². The average Bonchev–Trinajstić information content (AvgIpc) is 2.52. The lowest BCUT2D eigenvalue weighted by Crippen LogP contribution is -2.26. The molecule has 1 N–H and O–H groups in total. The number of benzene rings is 2. The van der Waals surface area contributed by atoms with Crippen LogP contribution in [0.2, 0.25) is 5.02 Å². The van der Waals surface area contributed by atoms with Gasteiger partial charge in [0.1, 0.15) is 0 Å². The number of amides is 1. The van der Waals surface area contributed by atoms with Gasteiger partial charge in [0.05, 0.1) is 6.04 Å². The van der Waals surface area contributed by atoms with Crippen LogP contribution in [0.3, 0.4) is 0 Å². The summed E-state index contributed by atoms with van der Waals surface area (Å²) < 4.78 is 0. The summed E-state index contributed by atoms with van der Waals surface area (Å²) in [7, 11) is 0. The molecule has 0 spiro atoms. The van der Waals surface area contributed by atoms with Crippen LogP contribution in [0.25, 0.3) is 6.08 Å². The molecule has 2 aromatic carbocycles. The van der Waals surface area contributed by atoms with E-state index in [9.17, 15) is 4.79 Å². The molecule has 0 aliphatic carbocycles. The van der Waals surface area contributed by atoms with Gasteiger partial charge in [0.2, 0.25) is 5.91 Å². The Bertz CT molecular complexity index is 622. The molecule has 2 aromatic rings. The van der Waals surface area contributed by atoms with Crippen LogP contribution in [0.1, 0.15) is 30.5 Å². The fourth-order valence-electron chi connectivity index (χ4n) is 2.10. The van der Waals surface area contributed by atoms with E-state index in [0.29, 0.717) is 5.02 Å². The summed E-state index contributed by atoms with van der Waals surface area (Å²) in [5.41, 5.74) is 1.95. The number of halogens is 1. The third-order valence-corrected chi connectivity index (χ3v) is 3.59. The van der Waals surface area contributed by atoms with Crippen molar-refractivity contribution < 1.29 is 4.79 Å². The minimum Gasteiger partial charge on any atom is -0.346 e. The van der Waals surface area contributed by atoms with Gasteiger partial charge in [0.25, 0.3) is 0 Å². The molecule has 108 valence electrons. The molecule has 0 aliphatic rings. The monoisotopic (exact) mass is 299 g/mol. The molecule has 0 aromatic heterocycles. The van der Waals surface area contributed by atoms with Gasteiger partial charge in [0.15, 0.2) is 0 Å². The lowest BCUT2D eigenvalue weighted by atomic mass is 10.0. The zero-order valence-corrected chi connectivity index (χ0v) is 12.7. The first-order chi connectivity index (χ1) is 10.2. The summed E-state index contributed by atoms with van der Waals surface area (Å²) in [6, 6.07) is 17.4. The Labute approximate surface area is 130 Å². The maximum Gasteiger partial charge on any atom is 0.244 e. The molecule has 0 radical (unpaired) electrons. The van der Waals surface area contributed by atoms with E-state index in [4.69, 9.17) is 11.6 Å². The number of carbonyl (C=O) groups excluding carboxylic acids is 1. The van der Waals surface area contributed by atoms with Crippen LogP contribution in [-0.4, -0.2) is 5.91 Å². The van der Waals surface area contributed by atoms with Crippen LogP contribution in [0.15, 0.2) is 60.7 Å². The highest BCUT2D eigenvalue weighted by Gasteiger charge is 2.10. The van der Waals surface area contributed by atoms with E-state index >= 15 is 0 Å². The summed E-state index contributed by atoms with van der Waals surface area (Å²) >= 11 is 6.05. The lowest BCUT2D eigenvalue weighted by Gasteiger charge is -2.16. The van der Waals surface area contributed by atoms with Crippen molar-refractivity contribution in [3.63, 3.8) is 0 Å². The molecule has 1 amide bonds. The molecule has 0 fully saturated rings. The number of rotatable bonds is 5. The molecule has 1 unspecified atom stereocenters. The Balaban J connectivity index is 2.02. The van der Waals surface area contributed by atoms with Gasteiger partial charge in [-0.1, -0.05) is 67.1 Å². The summed E-state index contributed by atoms with van der Waals surface area (Å²) in [5, 5.41) is 3.64. The highest BCUT2D eigenvalue weighted by molar-refractivity contribution is 6.32. The van der Waals surface area contributed by atoms with E-state index in [2.05, 4.69) is 12.2 Å². The molecule has 1 atom stereocenters. The maximum absolute atomic E-state index is 12.0. The van der Waals surface area contributed by atoms with Crippen molar-refractivity contribution in [1.29, 1.82) is 0 Å². The fraction of sp³-hybridized carbons (Fsp3) is 0.167. The molecule has 0 saturated carbocycles. The van der Waals surface area contributed by atoms with Crippen LogP contribution in [0, 0.1) is 0 Å². The van der Waals surface area contributed by atoms with Crippen molar-refractivity contribution in [3.05, 3.63) is 76.8 Å². The van der Waals surface area contributed by atoms with Crippen molar-refractivity contribution in [2.45, 2.75) is 19.4 Å². The first-order valence-electron chi connectivity index (χ1n) is 6.98. The second-order valence-corrected chi connectivity index (χ2v) is 5.14. The maximum atomic E-state index is 12.0. The molecule has 0 bridgehead atoms. The number of hydrogen-bond acceptors (Lipinski definition) is 1. The standard InChI is InChI=1S/C18H18ClNO/c1-2-17(15-9-4-3-5-10-15)20-18(21)13-12-14-8-6-7-11-16(14)19/h3-13,17H,2H2,1H3,(H,20,21)/b13-12+. The van der Waals surface area contributed by atoms with Gasteiger partial charge < -0.3 is 5.32 Å². The van der Waals surface area contributed by atoms with Crippen LogP contribution in [0.5, 0.6) is 0 Å². The predicted octanol–water partition coefficient (Wildman–Crippen LogP) is 4.62. The summed E-state index contributed by atoms with van der Waals surface area (Å²) in [6.07, 6.45) is 4.10. The zero-order valence-electron chi connectivity index (χ0n) is 11.9. The molecule has 3 heteroatoms. The van der Waals surface area contributed by atoms with Crippen LogP contribution < -0.4 is 5.32 Å². The van der Waals surface area contributed by atoms with E-state index in [1.54, 1.807) is 12.1 Å². The first-order valence-corrected chi connectivity index (χ1v) is 7.36. The van der Waals surface area contributed by atoms with E-state index in [0.717, 1.165) is 17.5 Å². The van der Waals surface area contributed by atoms with Crippen molar-refractivity contribution in [3.8, 4) is 0 Å². The van der Waals surface area contributed by atoms with E-state index < -0.39 is 0 Å². The number of nitrogens with one attached hydrogen (secondary N) is 1. The minimum atomic E-state index is -0.120. The number of hydrogen-bond donors (Lipinski definition) is 1. The molecule has 2 rings (SSSR count). The zero-order chi connectivity index (χ0) is 15.1. The topological polar surface area (TPSA) is 29.1 Å². The fourth-order valence-corrected chi connectivity index (χ4v) is 2.30. The second kappa shape index (κ2) is 7.65. The third-order valence-electron chi connectivity index (χ3n) is 3.25. The van der Waals surface area contributed by atoms with E-state index in [-0.39, 0.29) is 11.9 Å². The first kappa shape index (κ1) is 15.3. The van der Waals surface area contributed by atoms with Crippen molar-refractivity contribution in [2.24, 2.45) is 0 Å². The summed E-state index contributed by atoms with van der Waals surface area (Å²) in [6.45, 7) is 2.05. The Hall–Kier alpha value is -2.06. The van der Waals surface area contributed by atoms with Crippen molar-refractivity contribution in [2.75, 3.05) is 0 Å². The van der Waals surface area contributed by atoms with Crippen molar-refractivity contribution in [1.82, 2.24) is 5.32 Å². The normalized spacial score (nSPS) is 12.3. The Morgan fingerprint density at radius 1 is 1.14 bits per heavy atom. The van der Waals surface area contributed by atoms with Crippen LogP contribution in [0.4, 0.5) is 0 Å². The smallest absolute Gasteiger partial charge is 0.244 e. The largest absolute Gasteiger partial charge is 0.346 e. The summed E-state index contributed by atoms with van der Waals surface area (Å²) in [4.78, 5) is 12.0. The van der Waals surface area contributed by atoms with Gasteiger partial charge in [-0.05, 0) is 29.7 Å². The quantitative estimate of drug-likeness (QED) is 0.802. The minimum absolute atomic E-state index is 0.0228. The molecular formula is C18H18ClNO. The van der Waals surface area contributed by atoms with Gasteiger partial charge in [-0.15, -0.1) is 0 Å². The number of carbonyl (C=O) groups is 1. The van der Waals surface area contributed by atoms with Crippen molar-refractivity contribution >= 4 is 23.6 Å². The van der Waals surface area contributed by atoms with Crippen LogP contribution >= 0.6 is 11.6 Å². The Morgan fingerprint density at radius 2 is 1.81 bits per heavy atom. The average molecular weight is 300 g/mol. The van der Waals surface area contributed by atoms with Gasteiger partial charge in [0, 0.05) is 11.1 Å². The molecule has 2 nitrogen and oxygen atoms in total. The molecular weight excluding hydrogens is 282 g/mol. The predicted molar refractivity (Wildman–Crippen MR) is 88.1 cm³/mol. The summed E-state index contributed by atoms with van der Waals surface area (Å²) in [5.74, 6) is -0.120.